The minimum absolute atomic E-state index is 0. The monoisotopic (exact) mass is 397 g/mol. The van der Waals surface area contributed by atoms with E-state index in [-0.39, 0.29) is 24.8 Å². The van der Waals surface area contributed by atoms with E-state index >= 15 is 0 Å². The Labute approximate surface area is 171 Å². The van der Waals surface area contributed by atoms with Crippen molar-refractivity contribution in [1.29, 1.82) is 0 Å². The highest BCUT2D eigenvalue weighted by Crippen LogP contribution is 2.26. The van der Waals surface area contributed by atoms with Gasteiger partial charge in [-0.3, -0.25) is 4.99 Å². The molecule has 1 aliphatic heterocycles. The molecule has 0 bridgehead atoms. The van der Waals surface area contributed by atoms with Crippen molar-refractivity contribution in [3.63, 3.8) is 0 Å². The highest BCUT2D eigenvalue weighted by atomic mass is 35.5. The Morgan fingerprint density at radius 3 is 2.64 bits per heavy atom. The summed E-state index contributed by atoms with van der Waals surface area (Å²) in [5.41, 5.74) is 4.01. The molecule has 146 valence electrons. The summed E-state index contributed by atoms with van der Waals surface area (Å²) in [6, 6.07) is 15.8. The molecule has 0 saturated heterocycles. The van der Waals surface area contributed by atoms with Crippen LogP contribution in [0.15, 0.2) is 59.7 Å². The fraction of sp³-hybridized carbons (Fsp3) is 0.273. The molecule has 0 aliphatic carbocycles. The Morgan fingerprint density at radius 1 is 1.18 bits per heavy atom. The minimum atomic E-state index is -0.129. The number of hydrogen-bond acceptors (Lipinski definition) is 3. The summed E-state index contributed by atoms with van der Waals surface area (Å²) in [6.45, 7) is 3.21. The summed E-state index contributed by atoms with van der Waals surface area (Å²) in [7, 11) is 1.67. The van der Waals surface area contributed by atoms with Crippen LogP contribution in [-0.2, 0) is 19.5 Å². The van der Waals surface area contributed by atoms with Crippen molar-refractivity contribution in [3.05, 3.63) is 66.1 Å². The number of ether oxygens (including phenoxy) is 1. The number of aromatic nitrogens is 2. The molecule has 0 spiro atoms. The predicted molar refractivity (Wildman–Crippen MR) is 110 cm³/mol. The fourth-order valence-electron chi connectivity index (χ4n) is 3.64. The highest BCUT2D eigenvalue weighted by Gasteiger charge is 2.28. The van der Waals surface area contributed by atoms with Gasteiger partial charge in [-0.2, -0.15) is 0 Å². The molecule has 0 saturated carbocycles. The van der Waals surface area contributed by atoms with E-state index in [1.54, 1.807) is 7.11 Å². The molecule has 4 rings (SSSR count). The number of hydrogen-bond donors (Lipinski definition) is 0. The number of methoxy groups -OCH3 is 1. The molecule has 0 fully saturated rings. The van der Waals surface area contributed by atoms with Crippen LogP contribution < -0.4 is 14.4 Å². The summed E-state index contributed by atoms with van der Waals surface area (Å²) < 4.78 is 9.61. The second kappa shape index (κ2) is 8.48. The molecule has 0 atom stereocenters. The van der Waals surface area contributed by atoms with Gasteiger partial charge in [-0.05, 0) is 49.2 Å². The van der Waals surface area contributed by atoms with Gasteiger partial charge in [0.25, 0.3) is 5.82 Å². The maximum atomic E-state index is 12.5. The largest absolute Gasteiger partial charge is 0.859 e. The van der Waals surface area contributed by atoms with E-state index in [2.05, 4.69) is 32.5 Å². The third-order valence-corrected chi connectivity index (χ3v) is 5.05. The van der Waals surface area contributed by atoms with Crippen LogP contribution in [0.2, 0.25) is 0 Å². The highest BCUT2D eigenvalue weighted by molar-refractivity contribution is 5.85. The van der Waals surface area contributed by atoms with Gasteiger partial charge in [0.15, 0.2) is 5.69 Å². The number of nitrogens with zero attached hydrogens (tertiary/aromatic N) is 3. The minimum Gasteiger partial charge on any atom is -0.859 e. The number of imidazole rings is 1. The van der Waals surface area contributed by atoms with E-state index < -0.39 is 0 Å². The van der Waals surface area contributed by atoms with Crippen LogP contribution in [0.5, 0.6) is 5.75 Å². The first-order valence-corrected chi connectivity index (χ1v) is 9.22. The van der Waals surface area contributed by atoms with Gasteiger partial charge in [0.2, 0.25) is 0 Å². The molecular weight excluding hydrogens is 374 g/mol. The lowest BCUT2D eigenvalue weighted by molar-refractivity contribution is -0.693. The van der Waals surface area contributed by atoms with Crippen molar-refractivity contribution in [2.45, 2.75) is 32.9 Å². The number of para-hydroxylation sites is 1. The molecule has 1 aliphatic rings. The Bertz CT molecular complexity index is 994. The summed E-state index contributed by atoms with van der Waals surface area (Å²) in [4.78, 5) is 4.30. The van der Waals surface area contributed by atoms with Crippen molar-refractivity contribution < 1.29 is 14.4 Å². The SMILES string of the molecule is COc1ccc(-c2c[n+](CC([O-])=Nc3ccccc3C)c3n2CCC3)cc1.Cl. The summed E-state index contributed by atoms with van der Waals surface area (Å²) in [5, 5.41) is 12.5. The Kier molecular flexibility index (Phi) is 6.05. The number of aryl methyl sites for hydroxylation is 1. The third kappa shape index (κ3) is 3.90. The molecule has 0 amide bonds. The van der Waals surface area contributed by atoms with Gasteiger partial charge in [-0.1, -0.05) is 18.2 Å². The van der Waals surface area contributed by atoms with E-state index in [9.17, 15) is 5.11 Å². The zero-order chi connectivity index (χ0) is 18.8. The van der Waals surface area contributed by atoms with Crippen molar-refractivity contribution in [3.8, 4) is 17.0 Å². The Balaban J connectivity index is 0.00000225. The Hall–Kier alpha value is -2.79. The summed E-state index contributed by atoms with van der Waals surface area (Å²) in [6.07, 6.45) is 4.15. The van der Waals surface area contributed by atoms with E-state index in [4.69, 9.17) is 4.74 Å². The topological polar surface area (TPSA) is 53.5 Å². The third-order valence-electron chi connectivity index (χ3n) is 5.05. The van der Waals surface area contributed by atoms with E-state index in [0.29, 0.717) is 0 Å². The maximum Gasteiger partial charge on any atom is 0.257 e. The second-order valence-electron chi connectivity index (χ2n) is 6.83. The Morgan fingerprint density at radius 2 is 1.93 bits per heavy atom. The number of fused-ring (bicyclic) bond motifs is 1. The first kappa shape index (κ1) is 20.0. The van der Waals surface area contributed by atoms with Crippen LogP contribution >= 0.6 is 12.4 Å². The molecular formula is C22H24ClN3O2. The molecule has 1 aromatic heterocycles. The quantitative estimate of drug-likeness (QED) is 0.377. The summed E-state index contributed by atoms with van der Waals surface area (Å²) >= 11 is 0. The maximum absolute atomic E-state index is 12.5. The van der Waals surface area contributed by atoms with E-state index in [1.807, 2.05) is 43.3 Å². The van der Waals surface area contributed by atoms with E-state index in [0.717, 1.165) is 47.6 Å². The molecule has 2 aromatic carbocycles. The molecule has 2 heterocycles. The van der Waals surface area contributed by atoms with Crippen LogP contribution in [0.1, 0.15) is 17.8 Å². The van der Waals surface area contributed by atoms with Crippen molar-refractivity contribution in [2.24, 2.45) is 4.99 Å². The lowest BCUT2D eigenvalue weighted by atomic mass is 10.1. The zero-order valence-electron chi connectivity index (χ0n) is 16.1. The van der Waals surface area contributed by atoms with Gasteiger partial charge in [0.05, 0.1) is 25.8 Å². The number of halogens is 1. The number of aliphatic imine (C=N–C) groups is 1. The molecule has 3 aromatic rings. The molecule has 5 nitrogen and oxygen atoms in total. The van der Waals surface area contributed by atoms with Gasteiger partial charge < -0.3 is 9.84 Å². The number of benzene rings is 2. The van der Waals surface area contributed by atoms with Crippen LogP contribution in [0.3, 0.4) is 0 Å². The van der Waals surface area contributed by atoms with Crippen molar-refractivity contribution in [1.82, 2.24) is 4.57 Å². The van der Waals surface area contributed by atoms with Crippen molar-refractivity contribution >= 4 is 24.0 Å². The van der Waals surface area contributed by atoms with Crippen LogP contribution in [0, 0.1) is 6.92 Å². The lowest BCUT2D eigenvalue weighted by Gasteiger charge is -2.10. The van der Waals surface area contributed by atoms with Gasteiger partial charge in [-0.15, -0.1) is 12.4 Å². The average molecular weight is 398 g/mol. The van der Waals surface area contributed by atoms with Gasteiger partial charge >= 0.3 is 0 Å². The van der Waals surface area contributed by atoms with Crippen LogP contribution in [0.4, 0.5) is 5.69 Å². The summed E-state index contributed by atoms with van der Waals surface area (Å²) in [5.74, 6) is 1.90. The molecule has 0 unspecified atom stereocenters. The predicted octanol–water partition coefficient (Wildman–Crippen LogP) is 3.22. The van der Waals surface area contributed by atoms with Crippen LogP contribution in [0.25, 0.3) is 11.3 Å². The van der Waals surface area contributed by atoms with Gasteiger partial charge in [0, 0.05) is 11.5 Å². The van der Waals surface area contributed by atoms with E-state index in [1.165, 1.54) is 5.82 Å². The smallest absolute Gasteiger partial charge is 0.257 e. The molecule has 28 heavy (non-hydrogen) atoms. The normalized spacial score (nSPS) is 13.1. The average Bonchev–Trinajstić information content (AvgIpc) is 3.28. The lowest BCUT2D eigenvalue weighted by Crippen LogP contribution is -2.43. The first-order valence-electron chi connectivity index (χ1n) is 9.22. The molecule has 6 heteroatoms. The van der Waals surface area contributed by atoms with Gasteiger partial charge in [-0.25, -0.2) is 9.13 Å². The standard InChI is InChI=1S/C22H23N3O2.ClH/c1-16-6-3-4-7-19(16)23-21(26)15-24-14-20(25-13-5-8-22(24)25)17-9-11-18(27-2)12-10-17;/h3-4,6-7,9-12,14H,5,8,13,15H2,1-2H3;1H. The molecule has 0 N–H and O–H groups in total. The van der Waals surface area contributed by atoms with Crippen molar-refractivity contribution in [2.75, 3.05) is 7.11 Å². The zero-order valence-corrected chi connectivity index (χ0v) is 16.9. The van der Waals surface area contributed by atoms with Gasteiger partial charge in [0.1, 0.15) is 18.5 Å². The van der Waals surface area contributed by atoms with Crippen LogP contribution in [-0.4, -0.2) is 17.6 Å². The number of rotatable bonds is 5. The second-order valence-corrected chi connectivity index (χ2v) is 6.83. The first-order chi connectivity index (χ1) is 13.2. The fourth-order valence-corrected chi connectivity index (χ4v) is 3.64. The molecule has 0 radical (unpaired) electrons.